The van der Waals surface area contributed by atoms with Gasteiger partial charge in [-0.3, -0.25) is 0 Å². The summed E-state index contributed by atoms with van der Waals surface area (Å²) in [5, 5.41) is 0. The summed E-state index contributed by atoms with van der Waals surface area (Å²) in [7, 11) is 1.64. The summed E-state index contributed by atoms with van der Waals surface area (Å²) < 4.78 is 18.4. The van der Waals surface area contributed by atoms with E-state index in [0.717, 1.165) is 11.3 Å². The molecule has 0 saturated carbocycles. The molecule has 0 spiro atoms. The van der Waals surface area contributed by atoms with Crippen molar-refractivity contribution in [3.63, 3.8) is 0 Å². The van der Waals surface area contributed by atoms with Gasteiger partial charge in [-0.2, -0.15) is 0 Å². The van der Waals surface area contributed by atoms with Crippen LogP contribution in [0.4, 0.5) is 4.39 Å². The monoisotopic (exact) mass is 229 g/mol. The minimum atomic E-state index is -0.165. The second-order valence-corrected chi connectivity index (χ2v) is 4.21. The molecule has 1 rings (SSSR count). The maximum atomic E-state index is 13.5. The van der Waals surface area contributed by atoms with Crippen LogP contribution in [-0.2, 0) is 11.2 Å². The molecule has 0 aliphatic heterocycles. The second-order valence-electron chi connectivity index (χ2n) is 3.11. The van der Waals surface area contributed by atoms with Crippen molar-refractivity contribution in [2.75, 3.05) is 26.0 Å². The van der Waals surface area contributed by atoms with E-state index in [-0.39, 0.29) is 5.82 Å². The van der Waals surface area contributed by atoms with Gasteiger partial charge in [-0.25, -0.2) is 4.39 Å². The van der Waals surface area contributed by atoms with Crippen molar-refractivity contribution in [3.05, 3.63) is 29.6 Å². The zero-order valence-corrected chi connectivity index (χ0v) is 9.65. The molecule has 2 nitrogen and oxygen atoms in total. The molecule has 0 aliphatic rings. The van der Waals surface area contributed by atoms with Gasteiger partial charge in [-0.15, -0.1) is 11.8 Å². The van der Waals surface area contributed by atoms with Crippen molar-refractivity contribution in [1.29, 1.82) is 0 Å². The molecular weight excluding hydrogens is 213 g/mol. The van der Waals surface area contributed by atoms with E-state index in [1.54, 1.807) is 13.2 Å². The van der Waals surface area contributed by atoms with Gasteiger partial charge in [0, 0.05) is 17.8 Å². The normalized spacial score (nSPS) is 10.6. The van der Waals surface area contributed by atoms with Crippen LogP contribution in [0, 0.1) is 5.82 Å². The predicted molar refractivity (Wildman–Crippen MR) is 61.8 cm³/mol. The molecule has 84 valence electrons. The van der Waals surface area contributed by atoms with Crippen LogP contribution in [0.2, 0.25) is 0 Å². The lowest BCUT2D eigenvalue weighted by Crippen LogP contribution is -2.05. The third-order valence-corrected chi connectivity index (χ3v) is 3.11. The van der Waals surface area contributed by atoms with Gasteiger partial charge < -0.3 is 10.5 Å². The fourth-order valence-corrected chi connectivity index (χ4v) is 2.31. The summed E-state index contributed by atoms with van der Waals surface area (Å²) in [6.45, 7) is 1.17. The van der Waals surface area contributed by atoms with Gasteiger partial charge in [0.2, 0.25) is 0 Å². The third kappa shape index (κ3) is 3.81. The highest BCUT2D eigenvalue weighted by molar-refractivity contribution is 7.99. The Balaban J connectivity index is 2.72. The van der Waals surface area contributed by atoms with Crippen LogP contribution in [0.5, 0.6) is 0 Å². The molecule has 0 fully saturated rings. The first-order chi connectivity index (χ1) is 7.29. The van der Waals surface area contributed by atoms with Crippen LogP contribution < -0.4 is 5.73 Å². The number of hydrogen-bond donors (Lipinski definition) is 1. The summed E-state index contributed by atoms with van der Waals surface area (Å²) in [6, 6.07) is 5.13. The Bertz CT molecular complexity index is 307. The minimum Gasteiger partial charge on any atom is -0.384 e. The van der Waals surface area contributed by atoms with E-state index in [1.165, 1.54) is 17.8 Å². The second kappa shape index (κ2) is 6.82. The first-order valence-corrected chi connectivity index (χ1v) is 5.87. The molecule has 2 N–H and O–H groups in total. The maximum Gasteiger partial charge on any atom is 0.137 e. The number of methoxy groups -OCH3 is 1. The lowest BCUT2D eigenvalue weighted by Gasteiger charge is -2.08. The van der Waals surface area contributed by atoms with Gasteiger partial charge in [0.25, 0.3) is 0 Å². The van der Waals surface area contributed by atoms with Crippen LogP contribution in [0.1, 0.15) is 5.56 Å². The van der Waals surface area contributed by atoms with E-state index in [4.69, 9.17) is 10.5 Å². The van der Waals surface area contributed by atoms with Gasteiger partial charge >= 0.3 is 0 Å². The van der Waals surface area contributed by atoms with Crippen LogP contribution in [0.25, 0.3) is 0 Å². The van der Waals surface area contributed by atoms with Crippen molar-refractivity contribution < 1.29 is 9.13 Å². The zero-order chi connectivity index (χ0) is 11.1. The molecule has 0 bridgehead atoms. The van der Waals surface area contributed by atoms with E-state index < -0.39 is 0 Å². The first kappa shape index (κ1) is 12.5. The Kier molecular flexibility index (Phi) is 5.68. The van der Waals surface area contributed by atoms with Gasteiger partial charge in [0.15, 0.2) is 0 Å². The molecule has 0 aliphatic carbocycles. The molecule has 4 heteroatoms. The van der Waals surface area contributed by atoms with Gasteiger partial charge in [-0.1, -0.05) is 12.1 Å². The van der Waals surface area contributed by atoms with Gasteiger partial charge in [-0.05, 0) is 24.6 Å². The van der Waals surface area contributed by atoms with Crippen molar-refractivity contribution in [1.82, 2.24) is 0 Å². The fraction of sp³-hybridized carbons (Fsp3) is 0.455. The van der Waals surface area contributed by atoms with E-state index >= 15 is 0 Å². The number of hydrogen-bond acceptors (Lipinski definition) is 3. The Hall–Kier alpha value is -0.580. The van der Waals surface area contributed by atoms with E-state index in [1.807, 2.05) is 6.07 Å². The van der Waals surface area contributed by atoms with Crippen LogP contribution in [-0.4, -0.2) is 26.0 Å². The third-order valence-electron chi connectivity index (χ3n) is 2.00. The molecule has 15 heavy (non-hydrogen) atoms. The summed E-state index contributed by atoms with van der Waals surface area (Å²) >= 11 is 1.48. The molecular formula is C11H16FNOS. The number of nitrogens with two attached hydrogens (primary N) is 1. The van der Waals surface area contributed by atoms with Crippen molar-refractivity contribution >= 4 is 11.8 Å². The number of benzene rings is 1. The zero-order valence-electron chi connectivity index (χ0n) is 8.83. The highest BCUT2D eigenvalue weighted by Gasteiger charge is 2.07. The first-order valence-electron chi connectivity index (χ1n) is 4.88. The van der Waals surface area contributed by atoms with Crippen LogP contribution >= 0.6 is 11.8 Å². The summed E-state index contributed by atoms with van der Waals surface area (Å²) in [6.07, 6.45) is 0.715. The summed E-state index contributed by atoms with van der Waals surface area (Å²) in [5.41, 5.74) is 6.46. The Morgan fingerprint density at radius 2 is 2.27 bits per heavy atom. The number of halogens is 1. The standard InChI is InChI=1S/C11H16FNOS/c1-14-7-8-15-11-9(5-6-13)3-2-4-10(11)12/h2-4H,5-8,13H2,1H3. The molecule has 0 aromatic heterocycles. The van der Waals surface area contributed by atoms with Gasteiger partial charge in [0.05, 0.1) is 6.61 Å². The SMILES string of the molecule is COCCSc1c(F)cccc1CCN. The molecule has 0 atom stereocenters. The van der Waals surface area contributed by atoms with Crippen LogP contribution in [0.3, 0.4) is 0 Å². The molecule has 0 radical (unpaired) electrons. The van der Waals surface area contributed by atoms with Gasteiger partial charge in [0.1, 0.15) is 5.82 Å². The minimum absolute atomic E-state index is 0.165. The number of thioether (sulfide) groups is 1. The average Bonchev–Trinajstić information content (AvgIpc) is 2.23. The molecule has 1 aromatic carbocycles. The van der Waals surface area contributed by atoms with Crippen molar-refractivity contribution in [2.24, 2.45) is 5.73 Å². The highest BCUT2D eigenvalue weighted by atomic mass is 32.2. The quantitative estimate of drug-likeness (QED) is 0.599. The number of rotatable bonds is 6. The molecule has 0 unspecified atom stereocenters. The smallest absolute Gasteiger partial charge is 0.137 e. The fourth-order valence-electron chi connectivity index (χ4n) is 1.29. The Morgan fingerprint density at radius 1 is 1.47 bits per heavy atom. The Labute approximate surface area is 94.0 Å². The largest absolute Gasteiger partial charge is 0.384 e. The average molecular weight is 229 g/mol. The van der Waals surface area contributed by atoms with E-state index in [2.05, 4.69) is 0 Å². The van der Waals surface area contributed by atoms with Crippen molar-refractivity contribution in [2.45, 2.75) is 11.3 Å². The van der Waals surface area contributed by atoms with Crippen molar-refractivity contribution in [3.8, 4) is 0 Å². The maximum absolute atomic E-state index is 13.5. The molecule has 1 aromatic rings. The topological polar surface area (TPSA) is 35.2 Å². The molecule has 0 amide bonds. The lowest BCUT2D eigenvalue weighted by atomic mass is 10.1. The van der Waals surface area contributed by atoms with Crippen LogP contribution in [0.15, 0.2) is 23.1 Å². The Morgan fingerprint density at radius 3 is 2.93 bits per heavy atom. The van der Waals surface area contributed by atoms with E-state index in [9.17, 15) is 4.39 Å². The summed E-state index contributed by atoms with van der Waals surface area (Å²) in [5.74, 6) is 0.594. The molecule has 0 heterocycles. The number of ether oxygens (including phenoxy) is 1. The van der Waals surface area contributed by atoms with E-state index in [0.29, 0.717) is 24.5 Å². The summed E-state index contributed by atoms with van der Waals surface area (Å²) in [4.78, 5) is 0.708. The molecule has 0 saturated heterocycles. The predicted octanol–water partition coefficient (Wildman–Crippen LogP) is 2.07. The highest BCUT2D eigenvalue weighted by Crippen LogP contribution is 2.26. The lowest BCUT2D eigenvalue weighted by molar-refractivity contribution is 0.218.